The van der Waals surface area contributed by atoms with Gasteiger partial charge in [0.25, 0.3) is 0 Å². The van der Waals surface area contributed by atoms with Crippen LogP contribution in [0.5, 0.6) is 5.75 Å². The van der Waals surface area contributed by atoms with Crippen LogP contribution in [0, 0.1) is 6.92 Å². The predicted molar refractivity (Wildman–Crippen MR) is 57.9 cm³/mol. The molecule has 0 fully saturated rings. The van der Waals surface area contributed by atoms with Crippen molar-refractivity contribution >= 4 is 5.69 Å². The van der Waals surface area contributed by atoms with Gasteiger partial charge in [0.15, 0.2) is 0 Å². The molecule has 0 aromatic heterocycles. The molecule has 14 heavy (non-hydrogen) atoms. The smallest absolute Gasteiger partial charge is 0.142 e. The van der Waals surface area contributed by atoms with Crippen LogP contribution < -0.4 is 15.8 Å². The molecule has 0 saturated carbocycles. The Labute approximate surface area is 84.3 Å². The average Bonchev–Trinajstić information content (AvgIpc) is 2.59. The molecule has 0 amide bonds. The minimum atomic E-state index is 0.362. The highest BCUT2D eigenvalue weighted by atomic mass is 16.5. The SMILES string of the molecule is COc1cc(C)cc2c1NC(CN)C2. The van der Waals surface area contributed by atoms with Crippen molar-refractivity contribution in [3.05, 3.63) is 23.3 Å². The Balaban J connectivity index is 2.40. The molecule has 2 rings (SSSR count). The largest absolute Gasteiger partial charge is 0.495 e. The summed E-state index contributed by atoms with van der Waals surface area (Å²) in [4.78, 5) is 0. The summed E-state index contributed by atoms with van der Waals surface area (Å²) >= 11 is 0. The van der Waals surface area contributed by atoms with E-state index in [-0.39, 0.29) is 0 Å². The number of anilines is 1. The van der Waals surface area contributed by atoms with Crippen molar-refractivity contribution in [3.8, 4) is 5.75 Å². The second kappa shape index (κ2) is 3.50. The second-order valence-electron chi connectivity index (χ2n) is 3.78. The summed E-state index contributed by atoms with van der Waals surface area (Å²) in [6, 6.07) is 4.60. The van der Waals surface area contributed by atoms with E-state index in [1.807, 2.05) is 6.07 Å². The van der Waals surface area contributed by atoms with Gasteiger partial charge in [-0.05, 0) is 30.5 Å². The number of rotatable bonds is 2. The van der Waals surface area contributed by atoms with Gasteiger partial charge < -0.3 is 15.8 Å². The van der Waals surface area contributed by atoms with E-state index in [9.17, 15) is 0 Å². The molecule has 1 aliphatic heterocycles. The Bertz CT molecular complexity index is 349. The first-order valence-electron chi connectivity index (χ1n) is 4.88. The molecule has 76 valence electrons. The summed E-state index contributed by atoms with van der Waals surface area (Å²) < 4.78 is 5.33. The van der Waals surface area contributed by atoms with Crippen LogP contribution >= 0.6 is 0 Å². The van der Waals surface area contributed by atoms with Crippen molar-refractivity contribution < 1.29 is 4.74 Å². The zero-order valence-electron chi connectivity index (χ0n) is 8.63. The second-order valence-corrected chi connectivity index (χ2v) is 3.78. The van der Waals surface area contributed by atoms with E-state index >= 15 is 0 Å². The predicted octanol–water partition coefficient (Wildman–Crippen LogP) is 1.30. The summed E-state index contributed by atoms with van der Waals surface area (Å²) in [6.07, 6.45) is 1.00. The number of ether oxygens (including phenoxy) is 1. The van der Waals surface area contributed by atoms with E-state index < -0.39 is 0 Å². The van der Waals surface area contributed by atoms with Gasteiger partial charge in [0.2, 0.25) is 0 Å². The van der Waals surface area contributed by atoms with Crippen molar-refractivity contribution in [2.45, 2.75) is 19.4 Å². The Morgan fingerprint density at radius 3 is 3.00 bits per heavy atom. The van der Waals surface area contributed by atoms with Gasteiger partial charge in [-0.15, -0.1) is 0 Å². The fourth-order valence-electron chi connectivity index (χ4n) is 1.97. The molecule has 1 aromatic rings. The molecule has 0 aliphatic carbocycles. The quantitative estimate of drug-likeness (QED) is 0.742. The van der Waals surface area contributed by atoms with E-state index in [0.717, 1.165) is 17.9 Å². The van der Waals surface area contributed by atoms with Crippen LogP contribution in [0.25, 0.3) is 0 Å². The first kappa shape index (κ1) is 9.34. The molecular weight excluding hydrogens is 176 g/mol. The van der Waals surface area contributed by atoms with Crippen molar-refractivity contribution in [2.75, 3.05) is 19.0 Å². The number of hydrogen-bond donors (Lipinski definition) is 2. The van der Waals surface area contributed by atoms with Gasteiger partial charge in [0.1, 0.15) is 5.75 Å². The molecule has 1 unspecified atom stereocenters. The van der Waals surface area contributed by atoms with Crippen LogP contribution in [-0.2, 0) is 6.42 Å². The maximum atomic E-state index is 5.64. The van der Waals surface area contributed by atoms with Gasteiger partial charge in [0.05, 0.1) is 12.8 Å². The lowest BCUT2D eigenvalue weighted by Gasteiger charge is -2.10. The normalized spacial score (nSPS) is 18.9. The third-order valence-electron chi connectivity index (χ3n) is 2.65. The summed E-state index contributed by atoms with van der Waals surface area (Å²) in [6.45, 7) is 2.75. The molecule has 3 nitrogen and oxygen atoms in total. The molecule has 3 N–H and O–H groups in total. The first-order chi connectivity index (χ1) is 6.74. The highest BCUT2D eigenvalue weighted by molar-refractivity contribution is 5.67. The van der Waals surface area contributed by atoms with Crippen molar-refractivity contribution in [1.82, 2.24) is 0 Å². The number of nitrogens with one attached hydrogen (secondary N) is 1. The summed E-state index contributed by atoms with van der Waals surface area (Å²) in [5.74, 6) is 0.927. The minimum Gasteiger partial charge on any atom is -0.495 e. The maximum absolute atomic E-state index is 5.64. The van der Waals surface area contributed by atoms with Gasteiger partial charge in [-0.3, -0.25) is 0 Å². The van der Waals surface area contributed by atoms with E-state index in [0.29, 0.717) is 12.6 Å². The monoisotopic (exact) mass is 192 g/mol. The minimum absolute atomic E-state index is 0.362. The number of hydrogen-bond acceptors (Lipinski definition) is 3. The van der Waals surface area contributed by atoms with Crippen LogP contribution in [0.1, 0.15) is 11.1 Å². The van der Waals surface area contributed by atoms with Gasteiger partial charge >= 0.3 is 0 Å². The van der Waals surface area contributed by atoms with Gasteiger partial charge in [0, 0.05) is 12.6 Å². The van der Waals surface area contributed by atoms with Crippen LogP contribution in [0.4, 0.5) is 5.69 Å². The van der Waals surface area contributed by atoms with Gasteiger partial charge in [-0.2, -0.15) is 0 Å². The molecule has 1 heterocycles. The van der Waals surface area contributed by atoms with E-state index in [2.05, 4.69) is 18.3 Å². The molecule has 1 atom stereocenters. The lowest BCUT2D eigenvalue weighted by molar-refractivity contribution is 0.416. The van der Waals surface area contributed by atoms with Crippen LogP contribution in [0.15, 0.2) is 12.1 Å². The van der Waals surface area contributed by atoms with E-state index in [4.69, 9.17) is 10.5 Å². The Kier molecular flexibility index (Phi) is 2.33. The highest BCUT2D eigenvalue weighted by Gasteiger charge is 2.22. The van der Waals surface area contributed by atoms with Gasteiger partial charge in [-0.1, -0.05) is 6.07 Å². The maximum Gasteiger partial charge on any atom is 0.142 e. The standard InChI is InChI=1S/C11H16N2O/c1-7-3-8-5-9(6-12)13-11(8)10(4-7)14-2/h3-4,9,13H,5-6,12H2,1-2H3. The Hall–Kier alpha value is -1.22. The number of benzene rings is 1. The van der Waals surface area contributed by atoms with Crippen LogP contribution in [-0.4, -0.2) is 19.7 Å². The molecule has 0 radical (unpaired) electrons. The van der Waals surface area contributed by atoms with Crippen LogP contribution in [0.2, 0.25) is 0 Å². The lowest BCUT2D eigenvalue weighted by Crippen LogP contribution is -2.25. The third-order valence-corrected chi connectivity index (χ3v) is 2.65. The van der Waals surface area contributed by atoms with Gasteiger partial charge in [-0.25, -0.2) is 0 Å². The third kappa shape index (κ3) is 1.44. The summed E-state index contributed by atoms with van der Waals surface area (Å²) in [5, 5.41) is 3.38. The topological polar surface area (TPSA) is 47.3 Å². The van der Waals surface area contributed by atoms with Crippen molar-refractivity contribution in [1.29, 1.82) is 0 Å². The molecular formula is C11H16N2O. The number of aryl methyl sites for hydroxylation is 1. The highest BCUT2D eigenvalue weighted by Crippen LogP contribution is 2.35. The number of methoxy groups -OCH3 is 1. The zero-order valence-corrected chi connectivity index (χ0v) is 8.63. The summed E-state index contributed by atoms with van der Waals surface area (Å²) in [5.41, 5.74) is 9.31. The fraction of sp³-hybridized carbons (Fsp3) is 0.455. The molecule has 1 aliphatic rings. The van der Waals surface area contributed by atoms with Crippen molar-refractivity contribution in [2.24, 2.45) is 5.73 Å². The van der Waals surface area contributed by atoms with Crippen molar-refractivity contribution in [3.63, 3.8) is 0 Å². The number of nitrogens with two attached hydrogens (primary N) is 1. The summed E-state index contributed by atoms with van der Waals surface area (Å²) in [7, 11) is 1.70. The van der Waals surface area contributed by atoms with E-state index in [1.54, 1.807) is 7.11 Å². The fourth-order valence-corrected chi connectivity index (χ4v) is 1.97. The lowest BCUT2D eigenvalue weighted by atomic mass is 10.1. The van der Waals surface area contributed by atoms with E-state index in [1.165, 1.54) is 11.1 Å². The molecule has 0 bridgehead atoms. The van der Waals surface area contributed by atoms with Crippen LogP contribution in [0.3, 0.4) is 0 Å². The molecule has 3 heteroatoms. The molecule has 0 spiro atoms. The molecule has 1 aromatic carbocycles. The molecule has 0 saturated heterocycles. The average molecular weight is 192 g/mol. The Morgan fingerprint density at radius 2 is 2.36 bits per heavy atom. The first-order valence-corrected chi connectivity index (χ1v) is 4.88. The Morgan fingerprint density at radius 1 is 1.57 bits per heavy atom. The zero-order chi connectivity index (χ0) is 10.1. The number of fused-ring (bicyclic) bond motifs is 1.